The second kappa shape index (κ2) is 6.65. The summed E-state index contributed by atoms with van der Waals surface area (Å²) in [7, 11) is 2.21. The van der Waals surface area contributed by atoms with Crippen molar-refractivity contribution in [2.45, 2.75) is 39.7 Å². The molecule has 0 aliphatic carbocycles. The molecule has 0 saturated heterocycles. The van der Waals surface area contributed by atoms with Crippen LogP contribution in [0.25, 0.3) is 0 Å². The molecule has 0 fully saturated rings. The maximum atomic E-state index is 5.78. The number of hydrogen-bond donors (Lipinski definition) is 1. The summed E-state index contributed by atoms with van der Waals surface area (Å²) in [5, 5.41) is 0. The van der Waals surface area contributed by atoms with E-state index >= 15 is 0 Å². The first-order valence-electron chi connectivity index (χ1n) is 6.53. The van der Waals surface area contributed by atoms with Crippen LogP contribution in [0.4, 0.5) is 5.69 Å². The fraction of sp³-hybridized carbons (Fsp3) is 0.600. The Morgan fingerprint density at radius 1 is 1.24 bits per heavy atom. The molecule has 1 aromatic rings. The number of rotatable bonds is 6. The van der Waals surface area contributed by atoms with Gasteiger partial charge in [0.1, 0.15) is 0 Å². The van der Waals surface area contributed by atoms with Crippen LogP contribution >= 0.6 is 0 Å². The van der Waals surface area contributed by atoms with Gasteiger partial charge in [0.25, 0.3) is 0 Å². The van der Waals surface area contributed by atoms with Crippen molar-refractivity contribution >= 4 is 5.69 Å². The van der Waals surface area contributed by atoms with Gasteiger partial charge in [-0.05, 0) is 50.4 Å². The van der Waals surface area contributed by atoms with E-state index in [-0.39, 0.29) is 0 Å². The summed E-state index contributed by atoms with van der Waals surface area (Å²) in [4.78, 5) is 2.43. The molecule has 96 valence electrons. The Morgan fingerprint density at radius 2 is 1.94 bits per heavy atom. The zero-order chi connectivity index (χ0) is 12.8. The third kappa shape index (κ3) is 5.22. The van der Waals surface area contributed by atoms with Crippen molar-refractivity contribution in [2.75, 3.05) is 19.3 Å². The molecule has 0 heterocycles. The largest absolute Gasteiger partial charge is 0.399 e. The molecule has 0 amide bonds. The van der Waals surface area contributed by atoms with Crippen LogP contribution in [0.1, 0.15) is 32.8 Å². The molecule has 1 aromatic carbocycles. The molecular formula is C15H26N2. The van der Waals surface area contributed by atoms with Crippen molar-refractivity contribution in [1.29, 1.82) is 0 Å². The van der Waals surface area contributed by atoms with Gasteiger partial charge in [0.2, 0.25) is 0 Å². The lowest BCUT2D eigenvalue weighted by atomic mass is 10.0. The summed E-state index contributed by atoms with van der Waals surface area (Å²) in [6.07, 6.45) is 2.33. The molecule has 0 aliphatic heterocycles. The summed E-state index contributed by atoms with van der Waals surface area (Å²) >= 11 is 0. The highest BCUT2D eigenvalue weighted by atomic mass is 15.1. The second-order valence-corrected chi connectivity index (χ2v) is 5.45. The summed E-state index contributed by atoms with van der Waals surface area (Å²) in [6.45, 7) is 7.96. The Hall–Kier alpha value is -1.02. The summed E-state index contributed by atoms with van der Waals surface area (Å²) in [6, 6.07) is 8.84. The Morgan fingerprint density at radius 3 is 2.53 bits per heavy atom. The fourth-order valence-corrected chi connectivity index (χ4v) is 2.14. The van der Waals surface area contributed by atoms with Crippen molar-refractivity contribution in [1.82, 2.24) is 4.90 Å². The molecule has 0 bridgehead atoms. The number of benzene rings is 1. The monoisotopic (exact) mass is 234 g/mol. The maximum absolute atomic E-state index is 5.78. The molecule has 0 saturated carbocycles. The highest BCUT2D eigenvalue weighted by Gasteiger charge is 2.10. The Kier molecular flexibility index (Phi) is 5.49. The van der Waals surface area contributed by atoms with Gasteiger partial charge in [0, 0.05) is 18.3 Å². The first-order chi connectivity index (χ1) is 7.99. The van der Waals surface area contributed by atoms with Crippen LogP contribution in [0.2, 0.25) is 0 Å². The minimum atomic E-state index is 0.649. The lowest BCUT2D eigenvalue weighted by Gasteiger charge is -2.26. The smallest absolute Gasteiger partial charge is 0.0316 e. The number of hydrogen-bond acceptors (Lipinski definition) is 2. The highest BCUT2D eigenvalue weighted by Crippen LogP contribution is 2.12. The lowest BCUT2D eigenvalue weighted by molar-refractivity contribution is 0.231. The second-order valence-electron chi connectivity index (χ2n) is 5.45. The molecule has 2 nitrogen and oxygen atoms in total. The van der Waals surface area contributed by atoms with Crippen LogP contribution in [-0.4, -0.2) is 24.5 Å². The first kappa shape index (κ1) is 14.0. The molecule has 0 aromatic heterocycles. The number of nitrogen functional groups attached to an aromatic ring is 1. The predicted molar refractivity (Wildman–Crippen MR) is 76.1 cm³/mol. The third-order valence-electron chi connectivity index (χ3n) is 3.27. The number of nitrogens with two attached hydrogens (primary N) is 1. The van der Waals surface area contributed by atoms with E-state index in [2.05, 4.69) is 44.9 Å². The average molecular weight is 234 g/mol. The Balaban J connectivity index is 2.39. The van der Waals surface area contributed by atoms with Crippen LogP contribution < -0.4 is 5.73 Å². The van der Waals surface area contributed by atoms with E-state index in [1.54, 1.807) is 0 Å². The van der Waals surface area contributed by atoms with E-state index in [0.29, 0.717) is 6.04 Å². The van der Waals surface area contributed by atoms with Gasteiger partial charge in [-0.2, -0.15) is 0 Å². The summed E-state index contributed by atoms with van der Waals surface area (Å²) < 4.78 is 0. The van der Waals surface area contributed by atoms with Gasteiger partial charge < -0.3 is 10.6 Å². The lowest BCUT2D eigenvalue weighted by Crippen LogP contribution is -2.32. The number of anilines is 1. The van der Waals surface area contributed by atoms with Crippen molar-refractivity contribution in [2.24, 2.45) is 5.92 Å². The Bertz CT molecular complexity index is 333. The topological polar surface area (TPSA) is 29.3 Å². The van der Waals surface area contributed by atoms with Gasteiger partial charge in [-0.25, -0.2) is 0 Å². The van der Waals surface area contributed by atoms with Crippen molar-refractivity contribution in [3.05, 3.63) is 29.8 Å². The summed E-state index contributed by atoms with van der Waals surface area (Å²) in [5.74, 6) is 0.764. The summed E-state index contributed by atoms with van der Waals surface area (Å²) in [5.41, 5.74) is 7.97. The van der Waals surface area contributed by atoms with Gasteiger partial charge in [-0.3, -0.25) is 0 Å². The van der Waals surface area contributed by atoms with Crippen molar-refractivity contribution in [3.8, 4) is 0 Å². The van der Waals surface area contributed by atoms with Gasteiger partial charge in [-0.15, -0.1) is 0 Å². The first-order valence-corrected chi connectivity index (χ1v) is 6.53. The van der Waals surface area contributed by atoms with E-state index < -0.39 is 0 Å². The van der Waals surface area contributed by atoms with Crippen LogP contribution in [-0.2, 0) is 6.42 Å². The van der Waals surface area contributed by atoms with Gasteiger partial charge in [-0.1, -0.05) is 26.0 Å². The van der Waals surface area contributed by atoms with Crippen molar-refractivity contribution < 1.29 is 0 Å². The van der Waals surface area contributed by atoms with E-state index in [1.807, 2.05) is 12.1 Å². The quantitative estimate of drug-likeness (QED) is 0.766. The Labute approximate surface area is 106 Å². The fourth-order valence-electron chi connectivity index (χ4n) is 2.14. The molecule has 2 heteroatoms. The van der Waals surface area contributed by atoms with Gasteiger partial charge in [0.15, 0.2) is 0 Å². The van der Waals surface area contributed by atoms with E-state index in [4.69, 9.17) is 5.73 Å². The molecule has 0 aliphatic rings. The third-order valence-corrected chi connectivity index (χ3v) is 3.27. The van der Waals surface area contributed by atoms with E-state index in [1.165, 1.54) is 12.0 Å². The molecule has 17 heavy (non-hydrogen) atoms. The molecule has 0 spiro atoms. The van der Waals surface area contributed by atoms with Gasteiger partial charge in [0.05, 0.1) is 0 Å². The molecule has 0 radical (unpaired) electrons. The predicted octanol–water partition coefficient (Wildman–Crippen LogP) is 3.18. The van der Waals surface area contributed by atoms with Crippen LogP contribution in [0.15, 0.2) is 24.3 Å². The average Bonchev–Trinajstić information content (AvgIpc) is 2.25. The van der Waals surface area contributed by atoms with Crippen LogP contribution in [0.5, 0.6) is 0 Å². The molecule has 2 N–H and O–H groups in total. The SMILES string of the molecule is CC(C)CC(C)N(C)CCc1cccc(N)c1. The maximum Gasteiger partial charge on any atom is 0.0316 e. The zero-order valence-electron chi connectivity index (χ0n) is 11.6. The molecule has 1 rings (SSSR count). The minimum absolute atomic E-state index is 0.649. The number of nitrogens with zero attached hydrogens (tertiary/aromatic N) is 1. The van der Waals surface area contributed by atoms with Crippen LogP contribution in [0, 0.1) is 5.92 Å². The standard InChI is InChI=1S/C15H26N2/c1-12(2)10-13(3)17(4)9-8-14-6-5-7-15(16)11-14/h5-7,11-13H,8-10,16H2,1-4H3. The minimum Gasteiger partial charge on any atom is -0.399 e. The van der Waals surface area contributed by atoms with E-state index in [9.17, 15) is 0 Å². The van der Waals surface area contributed by atoms with Crippen LogP contribution in [0.3, 0.4) is 0 Å². The molecule has 1 unspecified atom stereocenters. The van der Waals surface area contributed by atoms with Crippen molar-refractivity contribution in [3.63, 3.8) is 0 Å². The highest BCUT2D eigenvalue weighted by molar-refractivity contribution is 5.40. The molecular weight excluding hydrogens is 208 g/mol. The normalized spacial score (nSPS) is 13.3. The van der Waals surface area contributed by atoms with Gasteiger partial charge >= 0.3 is 0 Å². The number of likely N-dealkylation sites (N-methyl/N-ethyl adjacent to an activating group) is 1. The van der Waals surface area contributed by atoms with E-state index in [0.717, 1.165) is 24.6 Å². The zero-order valence-corrected chi connectivity index (χ0v) is 11.6. The molecule has 1 atom stereocenters.